The zero-order valence-electron chi connectivity index (χ0n) is 12.1. The second kappa shape index (κ2) is 6.92. The van der Waals surface area contributed by atoms with E-state index in [1.165, 1.54) is 37.2 Å². The van der Waals surface area contributed by atoms with Crippen LogP contribution in [0.25, 0.3) is 0 Å². The van der Waals surface area contributed by atoms with Crippen LogP contribution >= 0.6 is 0 Å². The van der Waals surface area contributed by atoms with Gasteiger partial charge in [-0.15, -0.1) is 0 Å². The molecular weight excluding hydrogens is 236 g/mol. The first-order valence-electron chi connectivity index (χ1n) is 7.40. The molecule has 1 aromatic carbocycles. The Balaban J connectivity index is 1.81. The molecule has 1 aliphatic rings. The summed E-state index contributed by atoms with van der Waals surface area (Å²) in [6.45, 7) is 7.22. The molecule has 0 amide bonds. The number of hydrogen-bond acceptors (Lipinski definition) is 3. The minimum atomic E-state index is -0.236. The number of nitrogens with zero attached hydrogens (tertiary/aromatic N) is 1. The normalized spacial score (nSPS) is 18.6. The molecule has 0 spiro atoms. The maximum atomic E-state index is 9.33. The van der Waals surface area contributed by atoms with Crippen molar-refractivity contribution in [3.63, 3.8) is 0 Å². The van der Waals surface area contributed by atoms with Gasteiger partial charge in [-0.25, -0.2) is 0 Å². The Kier molecular flexibility index (Phi) is 5.23. The summed E-state index contributed by atoms with van der Waals surface area (Å²) < 4.78 is 0. The van der Waals surface area contributed by atoms with Crippen LogP contribution in [0.2, 0.25) is 0 Å². The molecule has 0 radical (unpaired) electrons. The van der Waals surface area contributed by atoms with Crippen molar-refractivity contribution in [1.82, 2.24) is 5.32 Å². The molecule has 1 aromatic rings. The zero-order chi connectivity index (χ0) is 13.7. The van der Waals surface area contributed by atoms with Crippen LogP contribution in [0.3, 0.4) is 0 Å². The molecule has 3 nitrogen and oxygen atoms in total. The van der Waals surface area contributed by atoms with E-state index in [4.69, 9.17) is 0 Å². The monoisotopic (exact) mass is 262 g/mol. The number of benzene rings is 1. The molecule has 2 N–H and O–H groups in total. The fraction of sp³-hybridized carbons (Fsp3) is 0.625. The number of aliphatic hydroxyl groups excluding tert-OH is 1. The van der Waals surface area contributed by atoms with Gasteiger partial charge in [0.1, 0.15) is 0 Å². The number of anilines is 1. The van der Waals surface area contributed by atoms with Gasteiger partial charge < -0.3 is 15.3 Å². The first kappa shape index (κ1) is 14.4. The van der Waals surface area contributed by atoms with Crippen LogP contribution in [-0.2, 0) is 6.54 Å². The quantitative estimate of drug-likeness (QED) is 0.827. The van der Waals surface area contributed by atoms with Gasteiger partial charge in [0.05, 0.1) is 6.10 Å². The van der Waals surface area contributed by atoms with Gasteiger partial charge in [-0.2, -0.15) is 0 Å². The van der Waals surface area contributed by atoms with E-state index in [-0.39, 0.29) is 6.10 Å². The molecule has 2 unspecified atom stereocenters. The van der Waals surface area contributed by atoms with E-state index >= 15 is 0 Å². The summed E-state index contributed by atoms with van der Waals surface area (Å²) in [4.78, 5) is 2.45. The summed E-state index contributed by atoms with van der Waals surface area (Å²) >= 11 is 0. The summed E-state index contributed by atoms with van der Waals surface area (Å²) in [5.74, 6) is 0. The predicted molar refractivity (Wildman–Crippen MR) is 80.5 cm³/mol. The van der Waals surface area contributed by atoms with E-state index in [0.717, 1.165) is 13.0 Å². The summed E-state index contributed by atoms with van der Waals surface area (Å²) in [5, 5.41) is 12.8. The Labute approximate surface area is 116 Å². The van der Waals surface area contributed by atoms with Crippen LogP contribution < -0.4 is 10.2 Å². The van der Waals surface area contributed by atoms with Crippen LogP contribution in [-0.4, -0.2) is 30.3 Å². The van der Waals surface area contributed by atoms with Gasteiger partial charge in [0, 0.05) is 31.4 Å². The van der Waals surface area contributed by atoms with Gasteiger partial charge in [-0.1, -0.05) is 12.1 Å². The third-order valence-electron chi connectivity index (χ3n) is 3.76. The van der Waals surface area contributed by atoms with Crippen LogP contribution in [0.15, 0.2) is 24.3 Å². The topological polar surface area (TPSA) is 35.5 Å². The second-order valence-corrected chi connectivity index (χ2v) is 5.73. The van der Waals surface area contributed by atoms with Crippen molar-refractivity contribution in [2.45, 2.75) is 51.8 Å². The minimum Gasteiger partial charge on any atom is -0.393 e. The van der Waals surface area contributed by atoms with Gasteiger partial charge in [-0.3, -0.25) is 0 Å². The summed E-state index contributed by atoms with van der Waals surface area (Å²) in [6.07, 6.45) is 3.20. The molecular formula is C16H26N2O. The summed E-state index contributed by atoms with van der Waals surface area (Å²) in [5.41, 5.74) is 2.65. The molecule has 0 aromatic heterocycles. The van der Waals surface area contributed by atoms with Gasteiger partial charge in [-0.05, 0) is 50.8 Å². The average molecular weight is 262 g/mol. The molecule has 2 atom stereocenters. The van der Waals surface area contributed by atoms with Crippen molar-refractivity contribution < 1.29 is 5.11 Å². The highest BCUT2D eigenvalue weighted by Crippen LogP contribution is 2.20. The largest absolute Gasteiger partial charge is 0.393 e. The number of rotatable bonds is 6. The third-order valence-corrected chi connectivity index (χ3v) is 3.76. The lowest BCUT2D eigenvalue weighted by molar-refractivity contribution is 0.170. The van der Waals surface area contributed by atoms with Crippen LogP contribution in [0, 0.1) is 0 Å². The fourth-order valence-corrected chi connectivity index (χ4v) is 2.69. The smallest absolute Gasteiger partial charge is 0.0526 e. The lowest BCUT2D eigenvalue weighted by Gasteiger charge is -2.18. The summed E-state index contributed by atoms with van der Waals surface area (Å²) in [7, 11) is 0. The lowest BCUT2D eigenvalue weighted by atomic mass is 10.1. The minimum absolute atomic E-state index is 0.236. The van der Waals surface area contributed by atoms with Crippen molar-refractivity contribution in [2.75, 3.05) is 18.0 Å². The van der Waals surface area contributed by atoms with E-state index in [1.54, 1.807) is 0 Å². The molecule has 1 aliphatic heterocycles. The van der Waals surface area contributed by atoms with Crippen molar-refractivity contribution in [3.8, 4) is 0 Å². The van der Waals surface area contributed by atoms with Gasteiger partial charge in [0.2, 0.25) is 0 Å². The Morgan fingerprint density at radius 3 is 2.37 bits per heavy atom. The lowest BCUT2D eigenvalue weighted by Crippen LogP contribution is -2.28. The third kappa shape index (κ3) is 4.51. The van der Waals surface area contributed by atoms with Crippen LogP contribution in [0.1, 0.15) is 38.7 Å². The maximum Gasteiger partial charge on any atom is 0.0526 e. The van der Waals surface area contributed by atoms with E-state index in [2.05, 4.69) is 41.4 Å². The Morgan fingerprint density at radius 2 is 1.79 bits per heavy atom. The molecule has 0 aliphatic carbocycles. The molecule has 0 saturated carbocycles. The number of nitrogens with one attached hydrogen (secondary N) is 1. The molecule has 19 heavy (non-hydrogen) atoms. The Morgan fingerprint density at radius 1 is 1.16 bits per heavy atom. The molecule has 3 heteroatoms. The van der Waals surface area contributed by atoms with E-state index in [1.807, 2.05) is 6.92 Å². The standard InChI is InChI=1S/C16H26N2O/c1-13(11-14(2)19)17-12-15-5-7-16(8-6-15)18-9-3-4-10-18/h5-8,13-14,17,19H,3-4,9-12H2,1-2H3. The van der Waals surface area contributed by atoms with Crippen molar-refractivity contribution in [2.24, 2.45) is 0 Å². The highest BCUT2D eigenvalue weighted by atomic mass is 16.3. The molecule has 1 saturated heterocycles. The SMILES string of the molecule is CC(O)CC(C)NCc1ccc(N2CCCC2)cc1. The first-order chi connectivity index (χ1) is 9.15. The number of aliphatic hydroxyl groups is 1. The van der Waals surface area contributed by atoms with Crippen molar-refractivity contribution in [3.05, 3.63) is 29.8 Å². The molecule has 1 fully saturated rings. The van der Waals surface area contributed by atoms with Gasteiger partial charge in [0.15, 0.2) is 0 Å². The number of hydrogen-bond donors (Lipinski definition) is 2. The van der Waals surface area contributed by atoms with Crippen LogP contribution in [0.5, 0.6) is 0 Å². The van der Waals surface area contributed by atoms with E-state index < -0.39 is 0 Å². The van der Waals surface area contributed by atoms with Crippen molar-refractivity contribution >= 4 is 5.69 Å². The first-order valence-corrected chi connectivity index (χ1v) is 7.40. The predicted octanol–water partition coefficient (Wildman–Crippen LogP) is 2.54. The van der Waals surface area contributed by atoms with E-state index in [0.29, 0.717) is 6.04 Å². The Hall–Kier alpha value is -1.06. The average Bonchev–Trinajstić information content (AvgIpc) is 2.90. The second-order valence-electron chi connectivity index (χ2n) is 5.73. The van der Waals surface area contributed by atoms with Gasteiger partial charge >= 0.3 is 0 Å². The van der Waals surface area contributed by atoms with E-state index in [9.17, 15) is 5.11 Å². The highest BCUT2D eigenvalue weighted by molar-refractivity contribution is 5.48. The molecule has 0 bridgehead atoms. The zero-order valence-corrected chi connectivity index (χ0v) is 12.1. The highest BCUT2D eigenvalue weighted by Gasteiger charge is 2.11. The molecule has 1 heterocycles. The van der Waals surface area contributed by atoms with Gasteiger partial charge in [0.25, 0.3) is 0 Å². The van der Waals surface area contributed by atoms with Crippen molar-refractivity contribution in [1.29, 1.82) is 0 Å². The maximum absolute atomic E-state index is 9.33. The fourth-order valence-electron chi connectivity index (χ4n) is 2.69. The molecule has 2 rings (SSSR count). The summed E-state index contributed by atoms with van der Waals surface area (Å²) in [6, 6.07) is 9.20. The Bertz CT molecular complexity index is 369. The van der Waals surface area contributed by atoms with Crippen LogP contribution in [0.4, 0.5) is 5.69 Å². The molecule has 106 valence electrons.